The van der Waals surface area contributed by atoms with Crippen molar-refractivity contribution >= 4 is 5.65 Å². The van der Waals surface area contributed by atoms with Crippen molar-refractivity contribution in [1.29, 1.82) is 0 Å². The molecule has 0 radical (unpaired) electrons. The molecule has 0 spiro atoms. The molecule has 0 aliphatic heterocycles. The third-order valence-electron chi connectivity index (χ3n) is 3.55. The largest absolute Gasteiger partial charge is 0.238 e. The number of aryl methyl sites for hydroxylation is 2. The van der Waals surface area contributed by atoms with E-state index in [0.29, 0.717) is 11.2 Å². The van der Waals surface area contributed by atoms with Crippen molar-refractivity contribution in [3.8, 4) is 0 Å². The van der Waals surface area contributed by atoms with Gasteiger partial charge >= 0.3 is 0 Å². The molecular weight excluding hydrogens is 205 g/mol. The summed E-state index contributed by atoms with van der Waals surface area (Å²) in [5, 5.41) is 3.97. The van der Waals surface area contributed by atoms with Gasteiger partial charge in [0.05, 0.1) is 11.3 Å². The number of rotatable bonds is 0. The lowest BCUT2D eigenvalue weighted by Gasteiger charge is -2.19. The average molecular weight is 219 g/mol. The maximum atomic E-state index is 13.5. The maximum Gasteiger partial charge on any atom is 0.238 e. The maximum absolute atomic E-state index is 13.5. The molecule has 16 heavy (non-hydrogen) atoms. The molecule has 3 rings (SSSR count). The Labute approximate surface area is 93.3 Å². The molecule has 3 nitrogen and oxygen atoms in total. The first-order valence-corrected chi connectivity index (χ1v) is 5.54. The molecule has 0 unspecified atom stereocenters. The van der Waals surface area contributed by atoms with Crippen LogP contribution >= 0.6 is 0 Å². The summed E-state index contributed by atoms with van der Waals surface area (Å²) < 4.78 is 15.2. The SMILES string of the molecule is Cc1c(F)nn2c3c(cnc12)CCC3(C)C. The molecule has 0 saturated heterocycles. The van der Waals surface area contributed by atoms with Crippen LogP contribution in [-0.2, 0) is 11.8 Å². The molecule has 2 aromatic rings. The Hall–Kier alpha value is -1.45. The standard InChI is InChI=1S/C12H14FN3/c1-7-10(13)15-16-9-8(6-14-11(7)16)4-5-12(9,2)3/h6H,4-5H2,1-3H3. The van der Waals surface area contributed by atoms with Gasteiger partial charge in [-0.05, 0) is 25.3 Å². The third kappa shape index (κ3) is 1.07. The van der Waals surface area contributed by atoms with E-state index in [9.17, 15) is 4.39 Å². The van der Waals surface area contributed by atoms with Gasteiger partial charge in [-0.25, -0.2) is 9.50 Å². The smallest absolute Gasteiger partial charge is 0.236 e. The molecule has 0 amide bonds. The first-order valence-electron chi connectivity index (χ1n) is 5.54. The van der Waals surface area contributed by atoms with E-state index < -0.39 is 5.95 Å². The van der Waals surface area contributed by atoms with Crippen LogP contribution in [0, 0.1) is 12.9 Å². The van der Waals surface area contributed by atoms with Crippen molar-refractivity contribution in [2.75, 3.05) is 0 Å². The van der Waals surface area contributed by atoms with E-state index in [-0.39, 0.29) is 5.41 Å². The zero-order valence-corrected chi connectivity index (χ0v) is 9.71. The molecule has 2 aromatic heterocycles. The Balaban J connectivity index is 2.45. The summed E-state index contributed by atoms with van der Waals surface area (Å²) in [7, 11) is 0. The quantitative estimate of drug-likeness (QED) is 0.681. The number of hydrogen-bond acceptors (Lipinski definition) is 2. The van der Waals surface area contributed by atoms with Crippen LogP contribution in [0.3, 0.4) is 0 Å². The summed E-state index contributed by atoms with van der Waals surface area (Å²) in [4.78, 5) is 4.30. The number of aromatic nitrogens is 3. The van der Waals surface area contributed by atoms with Crippen LogP contribution in [0.1, 0.15) is 37.1 Å². The average Bonchev–Trinajstić information content (AvgIpc) is 2.67. The monoisotopic (exact) mass is 219 g/mol. The van der Waals surface area contributed by atoms with Gasteiger partial charge in [0.25, 0.3) is 0 Å². The lowest BCUT2D eigenvalue weighted by Crippen LogP contribution is -2.17. The van der Waals surface area contributed by atoms with Gasteiger partial charge in [0, 0.05) is 11.6 Å². The van der Waals surface area contributed by atoms with Gasteiger partial charge in [-0.2, -0.15) is 4.39 Å². The minimum Gasteiger partial charge on any atom is -0.236 e. The van der Waals surface area contributed by atoms with E-state index in [1.165, 1.54) is 5.56 Å². The Morgan fingerprint density at radius 1 is 1.44 bits per heavy atom. The second-order valence-electron chi connectivity index (χ2n) is 5.17. The highest BCUT2D eigenvalue weighted by atomic mass is 19.1. The van der Waals surface area contributed by atoms with Crippen LogP contribution in [0.25, 0.3) is 5.65 Å². The first kappa shape index (κ1) is 9.75. The second kappa shape index (κ2) is 2.81. The van der Waals surface area contributed by atoms with Crippen LogP contribution in [-0.4, -0.2) is 14.6 Å². The van der Waals surface area contributed by atoms with Gasteiger partial charge in [-0.15, -0.1) is 5.10 Å². The lowest BCUT2D eigenvalue weighted by molar-refractivity contribution is 0.488. The van der Waals surface area contributed by atoms with Crippen LogP contribution < -0.4 is 0 Å². The minimum absolute atomic E-state index is 0.0570. The summed E-state index contributed by atoms with van der Waals surface area (Å²) in [6, 6.07) is 0. The Morgan fingerprint density at radius 2 is 2.19 bits per heavy atom. The Bertz CT molecular complexity index is 583. The second-order valence-corrected chi connectivity index (χ2v) is 5.17. The highest BCUT2D eigenvalue weighted by Gasteiger charge is 2.33. The van der Waals surface area contributed by atoms with E-state index in [2.05, 4.69) is 23.9 Å². The van der Waals surface area contributed by atoms with Gasteiger partial charge < -0.3 is 0 Å². The van der Waals surface area contributed by atoms with Crippen molar-refractivity contribution in [2.24, 2.45) is 0 Å². The third-order valence-corrected chi connectivity index (χ3v) is 3.55. The van der Waals surface area contributed by atoms with Crippen LogP contribution in [0.4, 0.5) is 4.39 Å². The van der Waals surface area contributed by atoms with Gasteiger partial charge in [0.1, 0.15) is 0 Å². The molecule has 0 N–H and O–H groups in total. The fourth-order valence-electron chi connectivity index (χ4n) is 2.57. The molecule has 0 saturated carbocycles. The van der Waals surface area contributed by atoms with E-state index in [1.54, 1.807) is 11.4 Å². The van der Waals surface area contributed by atoms with Crippen LogP contribution in [0.5, 0.6) is 0 Å². The summed E-state index contributed by atoms with van der Waals surface area (Å²) in [6.07, 6.45) is 3.95. The van der Waals surface area contributed by atoms with Crippen molar-refractivity contribution in [3.05, 3.63) is 29.0 Å². The van der Waals surface area contributed by atoms with E-state index >= 15 is 0 Å². The zero-order valence-electron chi connectivity index (χ0n) is 9.71. The predicted octanol–water partition coefficient (Wildman–Crippen LogP) is 2.40. The molecule has 1 aliphatic rings. The summed E-state index contributed by atoms with van der Waals surface area (Å²) in [5.41, 5.74) is 3.54. The predicted molar refractivity (Wildman–Crippen MR) is 59.0 cm³/mol. The van der Waals surface area contributed by atoms with Crippen molar-refractivity contribution in [2.45, 2.75) is 39.0 Å². The zero-order chi connectivity index (χ0) is 11.5. The van der Waals surface area contributed by atoms with Crippen molar-refractivity contribution < 1.29 is 4.39 Å². The normalized spacial score (nSPS) is 18.0. The van der Waals surface area contributed by atoms with Crippen LogP contribution in [0.15, 0.2) is 6.20 Å². The molecule has 84 valence electrons. The topological polar surface area (TPSA) is 30.2 Å². The van der Waals surface area contributed by atoms with Gasteiger partial charge in [-0.3, -0.25) is 0 Å². The van der Waals surface area contributed by atoms with Crippen LogP contribution in [0.2, 0.25) is 0 Å². The van der Waals surface area contributed by atoms with Gasteiger partial charge in [-0.1, -0.05) is 13.8 Å². The summed E-state index contributed by atoms with van der Waals surface area (Å²) in [6.45, 7) is 6.07. The molecule has 0 bridgehead atoms. The molecule has 2 heterocycles. The molecule has 1 aliphatic carbocycles. The molecule has 0 atom stereocenters. The first-order chi connectivity index (χ1) is 7.50. The molecular formula is C12H14FN3. The number of halogens is 1. The Kier molecular flexibility index (Phi) is 1.71. The summed E-state index contributed by atoms with van der Waals surface area (Å²) >= 11 is 0. The van der Waals surface area contributed by atoms with Crippen molar-refractivity contribution in [3.63, 3.8) is 0 Å². The minimum atomic E-state index is -0.413. The van der Waals surface area contributed by atoms with E-state index in [0.717, 1.165) is 18.5 Å². The van der Waals surface area contributed by atoms with E-state index in [1.807, 2.05) is 6.20 Å². The fourth-order valence-corrected chi connectivity index (χ4v) is 2.57. The Morgan fingerprint density at radius 3 is 2.94 bits per heavy atom. The summed E-state index contributed by atoms with van der Waals surface area (Å²) in [5.74, 6) is -0.413. The van der Waals surface area contributed by atoms with E-state index in [4.69, 9.17) is 0 Å². The van der Waals surface area contributed by atoms with Gasteiger partial charge in [0.2, 0.25) is 5.95 Å². The molecule has 4 heteroatoms. The highest BCUT2D eigenvalue weighted by Crippen LogP contribution is 2.38. The molecule has 0 aromatic carbocycles. The number of nitrogens with zero attached hydrogens (tertiary/aromatic N) is 3. The number of fused-ring (bicyclic) bond motifs is 3. The fraction of sp³-hybridized carbons (Fsp3) is 0.500. The van der Waals surface area contributed by atoms with Crippen molar-refractivity contribution in [1.82, 2.24) is 14.6 Å². The molecule has 0 fully saturated rings. The lowest BCUT2D eigenvalue weighted by atomic mass is 9.90. The highest BCUT2D eigenvalue weighted by molar-refractivity contribution is 5.50. The number of hydrogen-bond donors (Lipinski definition) is 0. The van der Waals surface area contributed by atoms with Gasteiger partial charge in [0.15, 0.2) is 5.65 Å².